The lowest BCUT2D eigenvalue weighted by atomic mass is 9.95. The first-order chi connectivity index (χ1) is 15.6. The number of rotatable bonds is 6. The van der Waals surface area contributed by atoms with Crippen LogP contribution in [-0.2, 0) is 0 Å². The molecule has 5 nitrogen and oxygen atoms in total. The molecule has 0 fully saturated rings. The lowest BCUT2D eigenvalue weighted by molar-refractivity contribution is 0.866. The van der Waals surface area contributed by atoms with Crippen LogP contribution < -0.4 is 10.2 Å². The quantitative estimate of drug-likeness (QED) is 0.644. The van der Waals surface area contributed by atoms with Gasteiger partial charge in [0.25, 0.3) is 0 Å². The lowest BCUT2D eigenvalue weighted by Gasteiger charge is -2.21. The predicted octanol–water partition coefficient (Wildman–Crippen LogP) is 5.31. The summed E-state index contributed by atoms with van der Waals surface area (Å²) in [4.78, 5) is 2.27. The van der Waals surface area contributed by atoms with E-state index < -0.39 is 0 Å². The summed E-state index contributed by atoms with van der Waals surface area (Å²) in [5.74, 6) is 0. The second kappa shape index (κ2) is 10.5. The normalized spacial score (nSPS) is 13.0. The van der Waals surface area contributed by atoms with Gasteiger partial charge in [-0.25, -0.2) is 0 Å². The van der Waals surface area contributed by atoms with Crippen molar-refractivity contribution in [3.63, 3.8) is 0 Å². The molecule has 0 amide bonds. The predicted molar refractivity (Wildman–Crippen MR) is 127 cm³/mol. The molecule has 5 heteroatoms. The fourth-order valence-corrected chi connectivity index (χ4v) is 3.53. The second-order valence-electron chi connectivity index (χ2n) is 7.06. The summed E-state index contributed by atoms with van der Waals surface area (Å²) in [5, 5.41) is 31.7. The molecular formula is C27H23N5. The third kappa shape index (κ3) is 4.78. The minimum atomic E-state index is -0.127. The third-order valence-electron chi connectivity index (χ3n) is 5.25. The molecule has 2 aromatic carbocycles. The zero-order valence-corrected chi connectivity index (χ0v) is 18.1. The van der Waals surface area contributed by atoms with Crippen LogP contribution in [0, 0.1) is 34.0 Å². The van der Waals surface area contributed by atoms with Crippen LogP contribution in [-0.4, -0.2) is 13.1 Å². The Morgan fingerprint density at radius 3 is 2.12 bits per heavy atom. The second-order valence-corrected chi connectivity index (χ2v) is 7.06. The molecule has 32 heavy (non-hydrogen) atoms. The minimum absolute atomic E-state index is 0.127. The van der Waals surface area contributed by atoms with Gasteiger partial charge < -0.3 is 10.2 Å². The van der Waals surface area contributed by atoms with Crippen molar-refractivity contribution in [1.82, 2.24) is 5.32 Å². The molecule has 156 valence electrons. The Morgan fingerprint density at radius 1 is 0.906 bits per heavy atom. The van der Waals surface area contributed by atoms with Gasteiger partial charge in [0.2, 0.25) is 0 Å². The number of dihydropyridines is 1. The van der Waals surface area contributed by atoms with Gasteiger partial charge in [-0.2, -0.15) is 15.8 Å². The zero-order chi connectivity index (χ0) is 22.9. The van der Waals surface area contributed by atoms with Crippen LogP contribution >= 0.6 is 0 Å². The Morgan fingerprint density at radius 2 is 1.56 bits per heavy atom. The largest absolute Gasteiger partial charge is 0.372 e. The molecule has 0 bridgehead atoms. The van der Waals surface area contributed by atoms with E-state index in [1.54, 1.807) is 0 Å². The van der Waals surface area contributed by atoms with Gasteiger partial charge in [-0.05, 0) is 48.8 Å². The topological polar surface area (TPSA) is 86.6 Å². The van der Waals surface area contributed by atoms with Crippen molar-refractivity contribution in [2.75, 3.05) is 18.0 Å². The summed E-state index contributed by atoms with van der Waals surface area (Å²) in [6, 6.07) is 23.8. The third-order valence-corrected chi connectivity index (χ3v) is 5.25. The molecule has 1 N–H and O–H groups in total. The van der Waals surface area contributed by atoms with E-state index in [9.17, 15) is 15.8 Å². The number of anilines is 1. The molecular weight excluding hydrogens is 394 g/mol. The molecule has 1 heterocycles. The summed E-state index contributed by atoms with van der Waals surface area (Å²) in [5.41, 5.74) is 4.77. The number of allylic oxidation sites excluding steroid dienone is 5. The van der Waals surface area contributed by atoms with E-state index >= 15 is 0 Å². The van der Waals surface area contributed by atoms with Crippen LogP contribution in [0.15, 0.2) is 89.2 Å². The molecule has 0 saturated carbocycles. The summed E-state index contributed by atoms with van der Waals surface area (Å²) in [7, 11) is 0. The van der Waals surface area contributed by atoms with E-state index in [1.165, 1.54) is 0 Å². The smallest absolute Gasteiger partial charge is 0.154 e. The average molecular weight is 418 g/mol. The molecule has 3 rings (SSSR count). The van der Waals surface area contributed by atoms with Gasteiger partial charge in [0, 0.05) is 24.5 Å². The van der Waals surface area contributed by atoms with Gasteiger partial charge in [0.15, 0.2) is 5.57 Å². The molecule has 0 saturated heterocycles. The van der Waals surface area contributed by atoms with E-state index in [4.69, 9.17) is 0 Å². The van der Waals surface area contributed by atoms with Crippen molar-refractivity contribution in [1.29, 1.82) is 15.8 Å². The van der Waals surface area contributed by atoms with Gasteiger partial charge in [-0.1, -0.05) is 54.6 Å². The van der Waals surface area contributed by atoms with E-state index in [-0.39, 0.29) is 16.8 Å². The van der Waals surface area contributed by atoms with Gasteiger partial charge in [-0.15, -0.1) is 0 Å². The molecule has 0 aliphatic carbocycles. The van der Waals surface area contributed by atoms with E-state index in [0.717, 1.165) is 35.6 Å². The Bertz CT molecular complexity index is 1200. The molecule has 1 aliphatic heterocycles. The standard InChI is InChI=1S/C27H23N5/c1-3-32(4-2)24-14-11-20(12-15-24)10-13-22-16-26(21-8-6-5-7-9-21)31-27(25(22)19-30)23(17-28)18-29/h5-16,31H,3-4H2,1-2H3/b13-10-. The van der Waals surface area contributed by atoms with Crippen LogP contribution in [0.4, 0.5) is 5.69 Å². The van der Waals surface area contributed by atoms with Gasteiger partial charge in [0.1, 0.15) is 18.2 Å². The summed E-state index contributed by atoms with van der Waals surface area (Å²) < 4.78 is 0. The maximum atomic E-state index is 9.81. The van der Waals surface area contributed by atoms with Crippen molar-refractivity contribution in [2.45, 2.75) is 13.8 Å². The minimum Gasteiger partial charge on any atom is -0.372 e. The number of nitrogens with one attached hydrogen (secondary N) is 1. The van der Waals surface area contributed by atoms with Crippen LogP contribution in [0.5, 0.6) is 0 Å². The van der Waals surface area contributed by atoms with Gasteiger partial charge in [-0.3, -0.25) is 0 Å². The number of nitriles is 3. The maximum absolute atomic E-state index is 9.81. The number of hydrogen-bond donors (Lipinski definition) is 1. The van der Waals surface area contributed by atoms with Gasteiger partial charge in [0.05, 0.1) is 11.3 Å². The SMILES string of the molecule is CCN(CC)c1ccc(/C=C\C2=C(C#N)C(=C(C#N)C#N)NC(c3ccccc3)=C2)cc1. The number of benzene rings is 2. The Kier molecular flexibility index (Phi) is 7.26. The highest BCUT2D eigenvalue weighted by Crippen LogP contribution is 2.29. The van der Waals surface area contributed by atoms with Crippen LogP contribution in [0.25, 0.3) is 11.8 Å². The van der Waals surface area contributed by atoms with E-state index in [2.05, 4.69) is 42.3 Å². The Labute approximate surface area is 189 Å². The first-order valence-corrected chi connectivity index (χ1v) is 10.4. The van der Waals surface area contributed by atoms with Crippen molar-refractivity contribution in [3.05, 3.63) is 100 Å². The van der Waals surface area contributed by atoms with E-state index in [0.29, 0.717) is 5.57 Å². The monoisotopic (exact) mass is 417 g/mol. The fourth-order valence-electron chi connectivity index (χ4n) is 3.53. The van der Waals surface area contributed by atoms with Crippen molar-refractivity contribution in [2.24, 2.45) is 0 Å². The molecule has 0 radical (unpaired) electrons. The number of hydrogen-bond acceptors (Lipinski definition) is 5. The average Bonchev–Trinajstić information content (AvgIpc) is 2.85. The first-order valence-electron chi connectivity index (χ1n) is 10.4. The van der Waals surface area contributed by atoms with Crippen molar-refractivity contribution < 1.29 is 0 Å². The lowest BCUT2D eigenvalue weighted by Crippen LogP contribution is -2.21. The Balaban J connectivity index is 2.05. The first kappa shape index (κ1) is 22.2. The molecule has 0 aromatic heterocycles. The summed E-state index contributed by atoms with van der Waals surface area (Å²) in [6.45, 7) is 6.14. The summed E-state index contributed by atoms with van der Waals surface area (Å²) >= 11 is 0. The van der Waals surface area contributed by atoms with Crippen LogP contribution in [0.3, 0.4) is 0 Å². The molecule has 2 aromatic rings. The van der Waals surface area contributed by atoms with Crippen molar-refractivity contribution >= 4 is 17.5 Å². The molecule has 1 aliphatic rings. The van der Waals surface area contributed by atoms with Crippen LogP contribution in [0.2, 0.25) is 0 Å². The highest BCUT2D eigenvalue weighted by atomic mass is 15.1. The molecule has 0 atom stereocenters. The maximum Gasteiger partial charge on any atom is 0.154 e. The molecule has 0 spiro atoms. The molecule has 0 unspecified atom stereocenters. The zero-order valence-electron chi connectivity index (χ0n) is 18.1. The highest BCUT2D eigenvalue weighted by Gasteiger charge is 2.21. The highest BCUT2D eigenvalue weighted by molar-refractivity contribution is 5.78. The van der Waals surface area contributed by atoms with E-state index in [1.807, 2.05) is 72.8 Å². The fraction of sp³-hybridized carbons (Fsp3) is 0.148. The summed E-state index contributed by atoms with van der Waals surface area (Å²) in [6.07, 6.45) is 5.64. The van der Waals surface area contributed by atoms with Crippen molar-refractivity contribution in [3.8, 4) is 18.2 Å². The van der Waals surface area contributed by atoms with Crippen LogP contribution in [0.1, 0.15) is 25.0 Å². The number of nitrogens with zero attached hydrogens (tertiary/aromatic N) is 4. The van der Waals surface area contributed by atoms with Gasteiger partial charge >= 0.3 is 0 Å². The Hall–Kier alpha value is -4.53.